The van der Waals surface area contributed by atoms with E-state index in [1.54, 1.807) is 23.1 Å². The molecule has 106 valence electrons. The second kappa shape index (κ2) is 5.62. The molecule has 0 amide bonds. The second-order valence-corrected chi connectivity index (χ2v) is 4.73. The zero-order valence-electron chi connectivity index (χ0n) is 11.5. The minimum Gasteiger partial charge on any atom is -0.508 e. The van der Waals surface area contributed by atoms with Gasteiger partial charge in [-0.1, -0.05) is 24.3 Å². The summed E-state index contributed by atoms with van der Waals surface area (Å²) in [5.74, 6) is 0.264. The van der Waals surface area contributed by atoms with Crippen LogP contribution in [0, 0.1) is 0 Å². The summed E-state index contributed by atoms with van der Waals surface area (Å²) >= 11 is 0. The first-order valence-electron chi connectivity index (χ1n) is 6.62. The van der Waals surface area contributed by atoms with Crippen LogP contribution in [0.4, 0.5) is 5.69 Å². The van der Waals surface area contributed by atoms with Crippen LogP contribution in [0.5, 0.6) is 5.75 Å². The fraction of sp³-hybridized carbons (Fsp3) is 0.133. The van der Waals surface area contributed by atoms with E-state index in [1.807, 2.05) is 36.4 Å². The van der Waals surface area contributed by atoms with E-state index in [1.165, 1.54) is 0 Å². The number of anilines is 1. The number of hydrogen-bond acceptors (Lipinski definition) is 5. The van der Waals surface area contributed by atoms with Crippen molar-refractivity contribution in [3.8, 4) is 11.4 Å². The van der Waals surface area contributed by atoms with Crippen LogP contribution in [0.15, 0.2) is 54.9 Å². The summed E-state index contributed by atoms with van der Waals surface area (Å²) in [4.78, 5) is 0. The number of tetrazole rings is 1. The van der Waals surface area contributed by atoms with Gasteiger partial charge < -0.3 is 10.4 Å². The summed E-state index contributed by atoms with van der Waals surface area (Å²) in [5.41, 5.74) is 2.90. The van der Waals surface area contributed by atoms with Crippen molar-refractivity contribution in [1.29, 1.82) is 0 Å². The van der Waals surface area contributed by atoms with Gasteiger partial charge in [0.1, 0.15) is 12.1 Å². The van der Waals surface area contributed by atoms with Crippen molar-refractivity contribution in [3.63, 3.8) is 0 Å². The Labute approximate surface area is 122 Å². The van der Waals surface area contributed by atoms with Gasteiger partial charge in [-0.2, -0.15) is 4.68 Å². The predicted octanol–water partition coefficient (Wildman–Crippen LogP) is 2.54. The Balaban J connectivity index is 1.86. The molecule has 3 rings (SSSR count). The number of nitrogens with one attached hydrogen (secondary N) is 1. The van der Waals surface area contributed by atoms with Crippen molar-refractivity contribution in [2.24, 2.45) is 0 Å². The number of phenols is 1. The lowest BCUT2D eigenvalue weighted by atomic mass is 10.1. The monoisotopic (exact) mass is 281 g/mol. The molecule has 6 heteroatoms. The lowest BCUT2D eigenvalue weighted by Gasteiger charge is -2.18. The Bertz CT molecular complexity index is 709. The molecule has 0 aliphatic rings. The Hall–Kier alpha value is -2.89. The lowest BCUT2D eigenvalue weighted by molar-refractivity contribution is 0.475. The van der Waals surface area contributed by atoms with Gasteiger partial charge in [0.15, 0.2) is 0 Å². The first-order valence-corrected chi connectivity index (χ1v) is 6.62. The Kier molecular flexibility index (Phi) is 3.51. The van der Waals surface area contributed by atoms with Crippen molar-refractivity contribution < 1.29 is 5.11 Å². The van der Waals surface area contributed by atoms with Crippen LogP contribution in [0.3, 0.4) is 0 Å². The summed E-state index contributed by atoms with van der Waals surface area (Å²) in [6.07, 6.45) is 1.56. The molecule has 0 aliphatic carbocycles. The molecule has 0 radical (unpaired) electrons. The van der Waals surface area contributed by atoms with Gasteiger partial charge in [0.05, 0.1) is 11.4 Å². The van der Waals surface area contributed by atoms with E-state index in [4.69, 9.17) is 0 Å². The average Bonchev–Trinajstić information content (AvgIpc) is 3.02. The number of para-hydroxylation sites is 2. The number of aromatic nitrogens is 4. The summed E-state index contributed by atoms with van der Waals surface area (Å²) in [6, 6.07) is 15.1. The maximum Gasteiger partial charge on any atom is 0.143 e. The zero-order valence-corrected chi connectivity index (χ0v) is 11.5. The smallest absolute Gasteiger partial charge is 0.143 e. The van der Waals surface area contributed by atoms with Crippen LogP contribution in [-0.2, 0) is 0 Å². The third-order valence-electron chi connectivity index (χ3n) is 3.26. The molecule has 1 unspecified atom stereocenters. The van der Waals surface area contributed by atoms with Gasteiger partial charge in [-0.15, -0.1) is 5.10 Å². The largest absolute Gasteiger partial charge is 0.508 e. The molecule has 6 nitrogen and oxygen atoms in total. The molecule has 2 N–H and O–H groups in total. The summed E-state index contributed by atoms with van der Waals surface area (Å²) < 4.78 is 1.62. The normalized spacial score (nSPS) is 12.0. The molecule has 0 saturated heterocycles. The van der Waals surface area contributed by atoms with Crippen LogP contribution in [0.2, 0.25) is 0 Å². The maximum absolute atomic E-state index is 9.35. The third kappa shape index (κ3) is 2.84. The number of rotatable bonds is 4. The minimum absolute atomic E-state index is 0.0863. The van der Waals surface area contributed by atoms with Gasteiger partial charge >= 0.3 is 0 Å². The molecule has 0 spiro atoms. The van der Waals surface area contributed by atoms with Gasteiger partial charge in [-0.3, -0.25) is 0 Å². The Morgan fingerprint density at radius 2 is 1.86 bits per heavy atom. The molecule has 3 aromatic rings. The first kappa shape index (κ1) is 13.1. The van der Waals surface area contributed by atoms with E-state index in [2.05, 4.69) is 27.8 Å². The molecule has 2 aromatic carbocycles. The highest BCUT2D eigenvalue weighted by molar-refractivity contribution is 5.61. The van der Waals surface area contributed by atoms with Crippen LogP contribution in [-0.4, -0.2) is 25.3 Å². The number of phenolic OH excluding ortho intramolecular Hbond substituents is 1. The molecule has 1 heterocycles. The van der Waals surface area contributed by atoms with E-state index < -0.39 is 0 Å². The average molecular weight is 281 g/mol. The van der Waals surface area contributed by atoms with Gasteiger partial charge in [-0.25, -0.2) is 0 Å². The summed E-state index contributed by atoms with van der Waals surface area (Å²) in [7, 11) is 0. The molecule has 0 saturated carbocycles. The van der Waals surface area contributed by atoms with E-state index in [0.717, 1.165) is 16.9 Å². The van der Waals surface area contributed by atoms with Crippen molar-refractivity contribution in [2.75, 3.05) is 5.32 Å². The molecule has 0 fully saturated rings. The van der Waals surface area contributed by atoms with Gasteiger partial charge in [0, 0.05) is 6.04 Å². The van der Waals surface area contributed by atoms with Gasteiger partial charge in [0.25, 0.3) is 0 Å². The Morgan fingerprint density at radius 3 is 2.57 bits per heavy atom. The van der Waals surface area contributed by atoms with Crippen molar-refractivity contribution in [3.05, 3.63) is 60.4 Å². The molecule has 0 aliphatic heterocycles. The van der Waals surface area contributed by atoms with Gasteiger partial charge in [0.2, 0.25) is 0 Å². The Morgan fingerprint density at radius 1 is 1.10 bits per heavy atom. The van der Waals surface area contributed by atoms with Crippen LogP contribution in [0.25, 0.3) is 5.69 Å². The number of hydrogen-bond donors (Lipinski definition) is 2. The highest BCUT2D eigenvalue weighted by Crippen LogP contribution is 2.25. The topological polar surface area (TPSA) is 75.9 Å². The lowest BCUT2D eigenvalue weighted by Crippen LogP contribution is -2.09. The van der Waals surface area contributed by atoms with E-state index in [0.29, 0.717) is 0 Å². The van der Waals surface area contributed by atoms with Crippen molar-refractivity contribution in [1.82, 2.24) is 20.2 Å². The molecular weight excluding hydrogens is 266 g/mol. The molecule has 1 aromatic heterocycles. The predicted molar refractivity (Wildman–Crippen MR) is 79.3 cm³/mol. The zero-order chi connectivity index (χ0) is 14.7. The molecule has 21 heavy (non-hydrogen) atoms. The number of aromatic hydroxyl groups is 1. The summed E-state index contributed by atoms with van der Waals surface area (Å²) in [5, 5.41) is 24.0. The molecule has 1 atom stereocenters. The van der Waals surface area contributed by atoms with E-state index in [-0.39, 0.29) is 11.8 Å². The van der Waals surface area contributed by atoms with Crippen LogP contribution >= 0.6 is 0 Å². The third-order valence-corrected chi connectivity index (χ3v) is 3.26. The van der Waals surface area contributed by atoms with Crippen molar-refractivity contribution >= 4 is 5.69 Å². The fourth-order valence-electron chi connectivity index (χ4n) is 2.15. The quantitative estimate of drug-likeness (QED) is 0.768. The molecule has 0 bridgehead atoms. The van der Waals surface area contributed by atoms with Crippen LogP contribution < -0.4 is 5.32 Å². The minimum atomic E-state index is 0.0863. The summed E-state index contributed by atoms with van der Waals surface area (Å²) in [6.45, 7) is 2.06. The van der Waals surface area contributed by atoms with Crippen LogP contribution in [0.1, 0.15) is 18.5 Å². The molecular formula is C15H15N5O. The fourth-order valence-corrected chi connectivity index (χ4v) is 2.15. The maximum atomic E-state index is 9.35. The number of benzene rings is 2. The van der Waals surface area contributed by atoms with E-state index >= 15 is 0 Å². The van der Waals surface area contributed by atoms with Crippen molar-refractivity contribution in [2.45, 2.75) is 13.0 Å². The highest BCUT2D eigenvalue weighted by atomic mass is 16.3. The number of nitrogens with zero attached hydrogens (tertiary/aromatic N) is 4. The second-order valence-electron chi connectivity index (χ2n) is 4.73. The van der Waals surface area contributed by atoms with Gasteiger partial charge in [-0.05, 0) is 47.2 Å². The SMILES string of the molecule is CC(Nc1ccccc1-n1cnnn1)c1ccc(O)cc1. The standard InChI is InChI=1S/C15H15N5O/c1-11(12-6-8-13(21)9-7-12)17-14-4-2-3-5-15(14)20-10-16-18-19-20/h2-11,17,21H,1H3. The van der Waals surface area contributed by atoms with E-state index in [9.17, 15) is 5.11 Å². The highest BCUT2D eigenvalue weighted by Gasteiger charge is 2.10. The first-order chi connectivity index (χ1) is 10.2.